The molecule has 7 nitrogen and oxygen atoms in total. The van der Waals surface area contributed by atoms with Crippen LogP contribution in [0.25, 0.3) is 0 Å². The second-order valence-corrected chi connectivity index (χ2v) is 8.15. The predicted octanol–water partition coefficient (Wildman–Crippen LogP) is 3.27. The third kappa shape index (κ3) is 3.56. The summed E-state index contributed by atoms with van der Waals surface area (Å²) in [4.78, 5) is 10.6. The molecule has 1 fully saturated rings. The fourth-order valence-corrected chi connectivity index (χ4v) is 4.81. The van der Waals surface area contributed by atoms with E-state index in [0.717, 1.165) is 18.4 Å². The first-order valence-corrected chi connectivity index (χ1v) is 9.67. The van der Waals surface area contributed by atoms with Crippen LogP contribution in [0.4, 0.5) is 5.69 Å². The molecule has 26 heavy (non-hydrogen) atoms. The molecule has 138 valence electrons. The number of benzene rings is 2. The van der Waals surface area contributed by atoms with Gasteiger partial charge in [0.15, 0.2) is 0 Å². The molecule has 1 aliphatic rings. The minimum Gasteiger partial charge on any atom is -0.497 e. The second kappa shape index (κ2) is 7.05. The van der Waals surface area contributed by atoms with Crippen molar-refractivity contribution >= 4 is 15.7 Å². The van der Waals surface area contributed by atoms with E-state index in [2.05, 4.69) is 0 Å². The number of nitrogens with zero attached hydrogens (tertiary/aromatic N) is 2. The fourth-order valence-electron chi connectivity index (χ4n) is 2.89. The van der Waals surface area contributed by atoms with Gasteiger partial charge in [0.2, 0.25) is 10.0 Å². The van der Waals surface area contributed by atoms with Crippen LogP contribution in [-0.2, 0) is 16.6 Å². The van der Waals surface area contributed by atoms with E-state index in [1.165, 1.54) is 29.4 Å². The van der Waals surface area contributed by atoms with Crippen LogP contribution in [0.2, 0.25) is 0 Å². The summed E-state index contributed by atoms with van der Waals surface area (Å²) in [5.41, 5.74) is 0.813. The number of ether oxygens (including phenoxy) is 1. The maximum Gasteiger partial charge on any atom is 0.273 e. The third-order valence-electron chi connectivity index (χ3n) is 4.49. The van der Waals surface area contributed by atoms with Crippen LogP contribution in [0.1, 0.15) is 24.0 Å². The molecule has 0 aliphatic heterocycles. The first kappa shape index (κ1) is 18.3. The maximum atomic E-state index is 13.2. The van der Waals surface area contributed by atoms with Crippen molar-refractivity contribution in [2.24, 2.45) is 0 Å². The Morgan fingerprint density at radius 1 is 1.19 bits per heavy atom. The predicted molar refractivity (Wildman–Crippen MR) is 96.6 cm³/mol. The standard InChI is InChI=1S/C18H20N2O5S/c1-13-17(20(21)22)4-3-5-18(13)26(23,24)19(15-8-9-15)12-14-6-10-16(25-2)11-7-14/h3-7,10-11,15H,8-9,12H2,1-2H3. The number of nitro benzene ring substituents is 1. The zero-order chi connectivity index (χ0) is 18.9. The Hall–Kier alpha value is -2.45. The fraction of sp³-hybridized carbons (Fsp3) is 0.333. The molecule has 0 bridgehead atoms. The lowest BCUT2D eigenvalue weighted by atomic mass is 10.2. The first-order valence-electron chi connectivity index (χ1n) is 8.23. The summed E-state index contributed by atoms with van der Waals surface area (Å²) in [7, 11) is -2.27. The summed E-state index contributed by atoms with van der Waals surface area (Å²) in [6.45, 7) is 1.70. The lowest BCUT2D eigenvalue weighted by Crippen LogP contribution is -2.33. The third-order valence-corrected chi connectivity index (χ3v) is 6.53. The van der Waals surface area contributed by atoms with E-state index in [1.807, 2.05) is 12.1 Å². The van der Waals surface area contributed by atoms with Crippen LogP contribution >= 0.6 is 0 Å². The first-order chi connectivity index (χ1) is 12.3. The zero-order valence-corrected chi connectivity index (χ0v) is 15.4. The normalized spacial score (nSPS) is 14.4. The monoisotopic (exact) mass is 376 g/mol. The molecule has 0 N–H and O–H groups in total. The highest BCUT2D eigenvalue weighted by atomic mass is 32.2. The van der Waals surface area contributed by atoms with Gasteiger partial charge in [-0.15, -0.1) is 0 Å². The summed E-state index contributed by atoms with van der Waals surface area (Å²) < 4.78 is 33.0. The van der Waals surface area contributed by atoms with Crippen LogP contribution in [0, 0.1) is 17.0 Å². The Balaban J connectivity index is 1.97. The van der Waals surface area contributed by atoms with Gasteiger partial charge < -0.3 is 4.74 Å². The van der Waals surface area contributed by atoms with Gasteiger partial charge in [-0.05, 0) is 43.5 Å². The summed E-state index contributed by atoms with van der Waals surface area (Å²) >= 11 is 0. The van der Waals surface area contributed by atoms with Gasteiger partial charge in [-0.1, -0.05) is 18.2 Å². The van der Waals surface area contributed by atoms with E-state index in [4.69, 9.17) is 4.74 Å². The highest BCUT2D eigenvalue weighted by Crippen LogP contribution is 2.36. The van der Waals surface area contributed by atoms with Crippen molar-refractivity contribution in [2.75, 3.05) is 7.11 Å². The summed E-state index contributed by atoms with van der Waals surface area (Å²) in [6, 6.07) is 11.3. The number of hydrogen-bond donors (Lipinski definition) is 0. The largest absolute Gasteiger partial charge is 0.497 e. The topological polar surface area (TPSA) is 89.8 Å². The molecular weight excluding hydrogens is 356 g/mol. The van der Waals surface area contributed by atoms with Crippen LogP contribution in [-0.4, -0.2) is 30.8 Å². The van der Waals surface area contributed by atoms with E-state index in [0.29, 0.717) is 5.75 Å². The van der Waals surface area contributed by atoms with E-state index in [9.17, 15) is 18.5 Å². The number of nitro groups is 1. The smallest absolute Gasteiger partial charge is 0.273 e. The van der Waals surface area contributed by atoms with Gasteiger partial charge in [0.05, 0.1) is 16.9 Å². The van der Waals surface area contributed by atoms with Gasteiger partial charge in [-0.3, -0.25) is 10.1 Å². The van der Waals surface area contributed by atoms with Gasteiger partial charge in [0.1, 0.15) is 5.75 Å². The van der Waals surface area contributed by atoms with E-state index >= 15 is 0 Å². The maximum absolute atomic E-state index is 13.2. The van der Waals surface area contributed by atoms with E-state index in [1.54, 1.807) is 19.2 Å². The van der Waals surface area contributed by atoms with Crippen molar-refractivity contribution in [3.63, 3.8) is 0 Å². The Labute approximate surface area is 152 Å². The molecule has 2 aromatic rings. The number of methoxy groups -OCH3 is 1. The lowest BCUT2D eigenvalue weighted by Gasteiger charge is -2.23. The van der Waals surface area contributed by atoms with Gasteiger partial charge in [0, 0.05) is 24.2 Å². The van der Waals surface area contributed by atoms with Crippen molar-refractivity contribution in [2.45, 2.75) is 37.2 Å². The van der Waals surface area contributed by atoms with E-state index in [-0.39, 0.29) is 28.7 Å². The second-order valence-electron chi connectivity index (χ2n) is 6.29. The molecule has 8 heteroatoms. The van der Waals surface area contributed by atoms with Crippen molar-refractivity contribution in [3.8, 4) is 5.75 Å². The van der Waals surface area contributed by atoms with Crippen LogP contribution < -0.4 is 4.74 Å². The average Bonchev–Trinajstić information content (AvgIpc) is 3.44. The molecule has 0 spiro atoms. The Morgan fingerprint density at radius 3 is 2.38 bits per heavy atom. The van der Waals surface area contributed by atoms with Crippen molar-refractivity contribution < 1.29 is 18.1 Å². The summed E-state index contributed by atoms with van der Waals surface area (Å²) in [6.07, 6.45) is 1.59. The van der Waals surface area contributed by atoms with Crippen molar-refractivity contribution in [3.05, 3.63) is 63.7 Å². The molecule has 1 saturated carbocycles. The summed E-state index contributed by atoms with van der Waals surface area (Å²) in [5, 5.41) is 11.2. The lowest BCUT2D eigenvalue weighted by molar-refractivity contribution is -0.385. The minimum absolute atomic E-state index is 0.00730. The molecule has 1 aliphatic carbocycles. The molecule has 0 aromatic heterocycles. The van der Waals surface area contributed by atoms with E-state index < -0.39 is 14.9 Å². The molecule has 3 rings (SSSR count). The van der Waals surface area contributed by atoms with Crippen LogP contribution in [0.5, 0.6) is 5.75 Å². The zero-order valence-electron chi connectivity index (χ0n) is 14.6. The summed E-state index contributed by atoms with van der Waals surface area (Å²) in [5.74, 6) is 0.698. The molecule has 0 amide bonds. The number of sulfonamides is 1. The van der Waals surface area contributed by atoms with Crippen LogP contribution in [0.3, 0.4) is 0 Å². The average molecular weight is 376 g/mol. The molecular formula is C18H20N2O5S. The van der Waals surface area contributed by atoms with Gasteiger partial charge in [0.25, 0.3) is 5.69 Å². The molecule has 0 saturated heterocycles. The highest BCUT2D eigenvalue weighted by Gasteiger charge is 2.39. The molecule has 0 radical (unpaired) electrons. The number of hydrogen-bond acceptors (Lipinski definition) is 5. The van der Waals surface area contributed by atoms with Crippen molar-refractivity contribution in [1.29, 1.82) is 0 Å². The Bertz CT molecular complexity index is 921. The Morgan fingerprint density at radius 2 is 1.85 bits per heavy atom. The van der Waals surface area contributed by atoms with Crippen molar-refractivity contribution in [1.82, 2.24) is 4.31 Å². The quantitative estimate of drug-likeness (QED) is 0.546. The molecule has 2 aromatic carbocycles. The molecule has 0 heterocycles. The number of rotatable bonds is 7. The SMILES string of the molecule is COc1ccc(CN(C2CC2)S(=O)(=O)c2cccc([N+](=O)[O-])c2C)cc1. The molecule has 0 atom stereocenters. The van der Waals surface area contributed by atoms with Gasteiger partial charge in [-0.25, -0.2) is 8.42 Å². The van der Waals surface area contributed by atoms with Crippen LogP contribution in [0.15, 0.2) is 47.4 Å². The Kier molecular flexibility index (Phi) is 4.97. The van der Waals surface area contributed by atoms with Gasteiger partial charge in [-0.2, -0.15) is 4.31 Å². The highest BCUT2D eigenvalue weighted by molar-refractivity contribution is 7.89. The molecule has 0 unspecified atom stereocenters. The minimum atomic E-state index is -3.84. The van der Waals surface area contributed by atoms with Gasteiger partial charge >= 0.3 is 0 Å².